The number of methoxy groups -OCH3 is 1. The first-order valence-corrected chi connectivity index (χ1v) is 5.12. The fourth-order valence-corrected chi connectivity index (χ4v) is 1.38. The summed E-state index contributed by atoms with van der Waals surface area (Å²) in [6.07, 6.45) is 0. The predicted molar refractivity (Wildman–Crippen MR) is 53.0 cm³/mol. The quantitative estimate of drug-likeness (QED) is 0.770. The van der Waals surface area contributed by atoms with E-state index in [-0.39, 0.29) is 0 Å². The molecule has 0 fully saturated rings. The van der Waals surface area contributed by atoms with Gasteiger partial charge < -0.3 is 4.74 Å². The van der Waals surface area contributed by atoms with E-state index in [1.54, 1.807) is 7.11 Å². The molecule has 66 valence electrons. The molecule has 0 amide bonds. The van der Waals surface area contributed by atoms with Crippen molar-refractivity contribution in [3.05, 3.63) is 23.4 Å². The van der Waals surface area contributed by atoms with Crippen LogP contribution >= 0.6 is 27.5 Å². The molecule has 0 unspecified atom stereocenters. The maximum Gasteiger partial charge on any atom is 0.217 e. The molecule has 1 heterocycles. The van der Waals surface area contributed by atoms with Crippen molar-refractivity contribution in [3.63, 3.8) is 0 Å². The lowest BCUT2D eigenvalue weighted by Gasteiger charge is -2.05. The zero-order valence-corrected chi connectivity index (χ0v) is 9.02. The molecular weight excluding hydrogens is 241 g/mol. The number of aromatic nitrogens is 1. The number of hydrogen-bond acceptors (Lipinski definition) is 2. The lowest BCUT2D eigenvalue weighted by atomic mass is 10.3. The summed E-state index contributed by atoms with van der Waals surface area (Å²) in [5.74, 6) is 1.04. The van der Waals surface area contributed by atoms with Gasteiger partial charge in [-0.15, -0.1) is 11.6 Å². The number of alkyl halides is 2. The fourth-order valence-electron chi connectivity index (χ4n) is 0.860. The van der Waals surface area contributed by atoms with E-state index in [1.165, 1.54) is 0 Å². The summed E-state index contributed by atoms with van der Waals surface area (Å²) >= 11 is 8.99. The van der Waals surface area contributed by atoms with Crippen molar-refractivity contribution in [2.24, 2.45) is 0 Å². The standard InChI is InChI=1S/C8H9BrClNO/c1-12-8-6(5-10)2-3-7(4-9)11-8/h2-3H,4-5H2,1H3. The van der Waals surface area contributed by atoms with Gasteiger partial charge >= 0.3 is 0 Å². The Morgan fingerprint density at radius 3 is 2.83 bits per heavy atom. The molecule has 0 aliphatic heterocycles. The lowest BCUT2D eigenvalue weighted by molar-refractivity contribution is 0.393. The molecule has 1 aromatic heterocycles. The third-order valence-electron chi connectivity index (χ3n) is 1.47. The van der Waals surface area contributed by atoms with Crippen LogP contribution in [0.5, 0.6) is 5.88 Å². The fraction of sp³-hybridized carbons (Fsp3) is 0.375. The van der Waals surface area contributed by atoms with Crippen molar-refractivity contribution < 1.29 is 4.74 Å². The number of nitrogens with zero attached hydrogens (tertiary/aromatic N) is 1. The second-order valence-electron chi connectivity index (χ2n) is 2.24. The molecular formula is C8H9BrClNO. The van der Waals surface area contributed by atoms with Crippen LogP contribution < -0.4 is 4.74 Å². The number of pyridine rings is 1. The van der Waals surface area contributed by atoms with E-state index in [9.17, 15) is 0 Å². The topological polar surface area (TPSA) is 22.1 Å². The highest BCUT2D eigenvalue weighted by atomic mass is 79.9. The minimum Gasteiger partial charge on any atom is -0.481 e. The van der Waals surface area contributed by atoms with E-state index in [1.807, 2.05) is 12.1 Å². The van der Waals surface area contributed by atoms with Crippen LogP contribution in [0.15, 0.2) is 12.1 Å². The Labute approximate surface area is 85.0 Å². The minimum absolute atomic E-state index is 0.429. The van der Waals surface area contributed by atoms with Gasteiger partial charge in [-0.2, -0.15) is 0 Å². The van der Waals surface area contributed by atoms with Crippen LogP contribution in [-0.4, -0.2) is 12.1 Å². The summed E-state index contributed by atoms with van der Waals surface area (Å²) in [5, 5.41) is 0.728. The summed E-state index contributed by atoms with van der Waals surface area (Å²) < 4.78 is 5.06. The Kier molecular flexibility index (Phi) is 3.82. The van der Waals surface area contributed by atoms with Crippen LogP contribution in [0, 0.1) is 0 Å². The number of rotatable bonds is 3. The van der Waals surface area contributed by atoms with Crippen molar-refractivity contribution in [2.45, 2.75) is 11.2 Å². The SMILES string of the molecule is COc1nc(CBr)ccc1CCl. The van der Waals surface area contributed by atoms with Gasteiger partial charge in [0.05, 0.1) is 18.7 Å². The molecule has 0 aliphatic carbocycles. The molecule has 0 N–H and O–H groups in total. The Bertz CT molecular complexity index is 267. The van der Waals surface area contributed by atoms with Crippen molar-refractivity contribution in [1.82, 2.24) is 4.98 Å². The summed E-state index contributed by atoms with van der Waals surface area (Å²) in [5.41, 5.74) is 1.87. The molecule has 0 saturated carbocycles. The van der Waals surface area contributed by atoms with E-state index in [0.717, 1.165) is 16.6 Å². The Hall–Kier alpha value is -0.280. The number of halogens is 2. The van der Waals surface area contributed by atoms with E-state index >= 15 is 0 Å². The molecule has 12 heavy (non-hydrogen) atoms. The predicted octanol–water partition coefficient (Wildman–Crippen LogP) is 2.72. The van der Waals surface area contributed by atoms with Crippen LogP contribution in [0.2, 0.25) is 0 Å². The van der Waals surface area contributed by atoms with E-state index in [4.69, 9.17) is 16.3 Å². The number of ether oxygens (including phenoxy) is 1. The molecule has 0 aromatic carbocycles. The lowest BCUT2D eigenvalue weighted by Crippen LogP contribution is -1.95. The average Bonchev–Trinajstić information content (AvgIpc) is 2.16. The van der Waals surface area contributed by atoms with Crippen molar-refractivity contribution in [2.75, 3.05) is 7.11 Å². The molecule has 0 atom stereocenters. The molecule has 4 heteroatoms. The maximum atomic E-state index is 5.67. The first kappa shape index (κ1) is 9.81. The minimum atomic E-state index is 0.429. The third kappa shape index (κ3) is 2.11. The highest BCUT2D eigenvalue weighted by Gasteiger charge is 2.03. The Morgan fingerprint density at radius 2 is 2.33 bits per heavy atom. The van der Waals surface area contributed by atoms with Gasteiger partial charge in [-0.3, -0.25) is 0 Å². The van der Waals surface area contributed by atoms with Crippen LogP contribution in [0.4, 0.5) is 0 Å². The summed E-state index contributed by atoms with van der Waals surface area (Å²) in [6.45, 7) is 0. The van der Waals surface area contributed by atoms with Gasteiger partial charge in [0, 0.05) is 10.9 Å². The molecule has 1 aromatic rings. The van der Waals surface area contributed by atoms with Crippen molar-refractivity contribution >= 4 is 27.5 Å². The van der Waals surface area contributed by atoms with Crippen molar-refractivity contribution in [3.8, 4) is 5.88 Å². The van der Waals surface area contributed by atoms with E-state index in [0.29, 0.717) is 11.8 Å². The molecule has 1 rings (SSSR count). The van der Waals surface area contributed by atoms with Crippen LogP contribution in [0.1, 0.15) is 11.3 Å². The van der Waals surface area contributed by atoms with Gasteiger partial charge in [0.1, 0.15) is 0 Å². The average molecular weight is 251 g/mol. The van der Waals surface area contributed by atoms with Crippen molar-refractivity contribution in [1.29, 1.82) is 0 Å². The zero-order chi connectivity index (χ0) is 8.97. The van der Waals surface area contributed by atoms with Gasteiger partial charge in [0.2, 0.25) is 5.88 Å². The highest BCUT2D eigenvalue weighted by molar-refractivity contribution is 9.08. The summed E-state index contributed by atoms with van der Waals surface area (Å²) in [6, 6.07) is 3.85. The largest absolute Gasteiger partial charge is 0.481 e. The zero-order valence-electron chi connectivity index (χ0n) is 6.68. The molecule has 0 radical (unpaired) electrons. The van der Waals surface area contributed by atoms with Crippen LogP contribution in [0.25, 0.3) is 0 Å². The highest BCUT2D eigenvalue weighted by Crippen LogP contribution is 2.18. The van der Waals surface area contributed by atoms with Gasteiger partial charge in [-0.1, -0.05) is 22.0 Å². The van der Waals surface area contributed by atoms with Crippen LogP contribution in [-0.2, 0) is 11.2 Å². The van der Waals surface area contributed by atoms with Gasteiger partial charge in [-0.05, 0) is 6.07 Å². The van der Waals surface area contributed by atoms with Gasteiger partial charge in [0.15, 0.2) is 0 Å². The number of hydrogen-bond donors (Lipinski definition) is 0. The van der Waals surface area contributed by atoms with Gasteiger partial charge in [0.25, 0.3) is 0 Å². The molecule has 2 nitrogen and oxygen atoms in total. The summed E-state index contributed by atoms with van der Waals surface area (Å²) in [7, 11) is 1.59. The first-order chi connectivity index (χ1) is 5.81. The molecule has 0 aliphatic rings. The normalized spacial score (nSPS) is 9.92. The molecule has 0 saturated heterocycles. The van der Waals surface area contributed by atoms with Crippen LogP contribution in [0.3, 0.4) is 0 Å². The first-order valence-electron chi connectivity index (χ1n) is 3.46. The monoisotopic (exact) mass is 249 g/mol. The Balaban J connectivity index is 3.02. The molecule has 0 spiro atoms. The Morgan fingerprint density at radius 1 is 1.58 bits per heavy atom. The van der Waals surface area contributed by atoms with E-state index in [2.05, 4.69) is 20.9 Å². The molecule has 0 bridgehead atoms. The smallest absolute Gasteiger partial charge is 0.217 e. The van der Waals surface area contributed by atoms with E-state index < -0.39 is 0 Å². The maximum absolute atomic E-state index is 5.67. The second-order valence-corrected chi connectivity index (χ2v) is 3.07. The summed E-state index contributed by atoms with van der Waals surface area (Å²) in [4.78, 5) is 4.23. The van der Waals surface area contributed by atoms with Gasteiger partial charge in [-0.25, -0.2) is 4.98 Å². The third-order valence-corrected chi connectivity index (χ3v) is 2.33. The second kappa shape index (κ2) is 4.67.